The van der Waals surface area contributed by atoms with Gasteiger partial charge in [0.25, 0.3) is 0 Å². The summed E-state index contributed by atoms with van der Waals surface area (Å²) >= 11 is 0. The zero-order chi connectivity index (χ0) is 15.7. The van der Waals surface area contributed by atoms with Crippen LogP contribution in [0.15, 0.2) is 24.5 Å². The van der Waals surface area contributed by atoms with Crippen molar-refractivity contribution in [1.29, 1.82) is 0 Å². The van der Waals surface area contributed by atoms with Gasteiger partial charge in [0.2, 0.25) is 0 Å². The molecule has 1 heterocycles. The van der Waals surface area contributed by atoms with Gasteiger partial charge < -0.3 is 4.74 Å². The average molecular weight is 279 g/mol. The first kappa shape index (κ1) is 18.4. The number of benzene rings is 1. The average Bonchev–Trinajstić information content (AvgIpc) is 2.50. The van der Waals surface area contributed by atoms with Crippen molar-refractivity contribution in [2.75, 3.05) is 7.11 Å². The standard InChI is InChI=1S/C13H14FNO.2C2H6/c1-8(2)10-7-15-6-9-4-5-11(14)13(16-3)12(9)10;2*1-2/h4-8H,1-3H3;2*1-2H3. The number of rotatable bonds is 2. The number of halogens is 1. The van der Waals surface area contributed by atoms with E-state index in [0.717, 1.165) is 16.3 Å². The largest absolute Gasteiger partial charge is 0.493 e. The topological polar surface area (TPSA) is 22.1 Å². The van der Waals surface area contributed by atoms with Crippen LogP contribution in [0, 0.1) is 5.82 Å². The second-order valence-electron chi connectivity index (χ2n) is 4.06. The molecule has 2 rings (SSSR count). The van der Waals surface area contributed by atoms with Gasteiger partial charge in [-0.1, -0.05) is 41.5 Å². The SMILES string of the molecule is CC.CC.COc1c(F)ccc2cncc(C(C)C)c12. The fraction of sp³-hybridized carbons (Fsp3) is 0.471. The van der Waals surface area contributed by atoms with E-state index < -0.39 is 0 Å². The van der Waals surface area contributed by atoms with E-state index >= 15 is 0 Å². The van der Waals surface area contributed by atoms with Crippen LogP contribution in [0.4, 0.5) is 4.39 Å². The van der Waals surface area contributed by atoms with Crippen LogP contribution >= 0.6 is 0 Å². The van der Waals surface area contributed by atoms with E-state index in [-0.39, 0.29) is 11.7 Å². The van der Waals surface area contributed by atoms with E-state index in [1.807, 2.05) is 27.7 Å². The molecule has 1 aromatic carbocycles. The zero-order valence-corrected chi connectivity index (χ0v) is 13.6. The molecule has 1 aromatic heterocycles. The molecule has 112 valence electrons. The van der Waals surface area contributed by atoms with Crippen molar-refractivity contribution >= 4 is 10.8 Å². The molecule has 0 atom stereocenters. The minimum absolute atomic E-state index is 0.284. The lowest BCUT2D eigenvalue weighted by Crippen LogP contribution is -1.96. The van der Waals surface area contributed by atoms with E-state index in [0.29, 0.717) is 5.75 Å². The third kappa shape index (κ3) is 3.92. The first-order valence-corrected chi connectivity index (χ1v) is 7.25. The molecular formula is C17H26FNO. The van der Waals surface area contributed by atoms with Crippen molar-refractivity contribution in [1.82, 2.24) is 4.98 Å². The summed E-state index contributed by atoms with van der Waals surface area (Å²) < 4.78 is 18.8. The van der Waals surface area contributed by atoms with Crippen molar-refractivity contribution in [3.8, 4) is 5.75 Å². The van der Waals surface area contributed by atoms with E-state index in [4.69, 9.17) is 4.74 Å². The van der Waals surface area contributed by atoms with Crippen LogP contribution in [0.25, 0.3) is 10.8 Å². The van der Waals surface area contributed by atoms with Gasteiger partial charge in [-0.25, -0.2) is 4.39 Å². The number of nitrogens with zero attached hydrogens (tertiary/aromatic N) is 1. The first-order valence-electron chi connectivity index (χ1n) is 7.25. The summed E-state index contributed by atoms with van der Waals surface area (Å²) in [7, 11) is 1.49. The number of fused-ring (bicyclic) bond motifs is 1. The molecule has 0 aliphatic carbocycles. The lowest BCUT2D eigenvalue weighted by molar-refractivity contribution is 0.391. The van der Waals surface area contributed by atoms with Crippen molar-refractivity contribution < 1.29 is 9.13 Å². The number of pyridine rings is 1. The molecule has 0 aliphatic rings. The predicted molar refractivity (Wildman–Crippen MR) is 85.0 cm³/mol. The molecule has 0 unspecified atom stereocenters. The second kappa shape index (κ2) is 9.29. The van der Waals surface area contributed by atoms with E-state index in [1.54, 1.807) is 18.5 Å². The molecule has 0 saturated heterocycles. The van der Waals surface area contributed by atoms with Crippen LogP contribution in [0.5, 0.6) is 5.75 Å². The normalized spacial score (nSPS) is 9.45. The van der Waals surface area contributed by atoms with Gasteiger partial charge in [0.15, 0.2) is 11.6 Å². The van der Waals surface area contributed by atoms with Crippen LogP contribution in [0.2, 0.25) is 0 Å². The Morgan fingerprint density at radius 2 is 1.65 bits per heavy atom. The molecule has 0 amide bonds. The Bertz CT molecular complexity index is 524. The highest BCUT2D eigenvalue weighted by Crippen LogP contribution is 2.34. The lowest BCUT2D eigenvalue weighted by Gasteiger charge is -2.13. The number of aromatic nitrogens is 1. The summed E-state index contributed by atoms with van der Waals surface area (Å²) in [5.41, 5.74) is 1.01. The van der Waals surface area contributed by atoms with Gasteiger partial charge in [-0.05, 0) is 23.6 Å². The number of methoxy groups -OCH3 is 1. The molecule has 20 heavy (non-hydrogen) atoms. The maximum Gasteiger partial charge on any atom is 0.165 e. The second-order valence-corrected chi connectivity index (χ2v) is 4.06. The monoisotopic (exact) mass is 279 g/mol. The predicted octanol–water partition coefficient (Wildman–Crippen LogP) is 5.56. The van der Waals surface area contributed by atoms with E-state index in [2.05, 4.69) is 18.8 Å². The Labute approximate surface area is 122 Å². The molecule has 0 aliphatic heterocycles. The van der Waals surface area contributed by atoms with Gasteiger partial charge in [-0.2, -0.15) is 0 Å². The molecule has 0 fully saturated rings. The zero-order valence-electron chi connectivity index (χ0n) is 13.6. The summed E-state index contributed by atoms with van der Waals surface area (Å²) in [5.74, 6) is 0.263. The third-order valence-electron chi connectivity index (χ3n) is 2.68. The molecule has 0 bridgehead atoms. The molecule has 3 heteroatoms. The van der Waals surface area contributed by atoms with Crippen molar-refractivity contribution in [3.05, 3.63) is 35.9 Å². The molecule has 0 radical (unpaired) electrons. The van der Waals surface area contributed by atoms with Crippen LogP contribution in [-0.4, -0.2) is 12.1 Å². The smallest absolute Gasteiger partial charge is 0.165 e. The summed E-state index contributed by atoms with van der Waals surface area (Å²) in [6.45, 7) is 12.1. The summed E-state index contributed by atoms with van der Waals surface area (Å²) in [5, 5.41) is 1.73. The van der Waals surface area contributed by atoms with Gasteiger partial charge in [-0.3, -0.25) is 4.98 Å². The summed E-state index contributed by atoms with van der Waals surface area (Å²) in [6.07, 6.45) is 3.50. The highest BCUT2D eigenvalue weighted by atomic mass is 19.1. The van der Waals surface area contributed by atoms with Crippen LogP contribution in [0.1, 0.15) is 53.0 Å². The summed E-state index contributed by atoms with van der Waals surface area (Å²) in [6, 6.07) is 3.14. The molecule has 2 nitrogen and oxygen atoms in total. The fourth-order valence-corrected chi connectivity index (χ4v) is 1.88. The molecule has 0 N–H and O–H groups in total. The number of hydrogen-bond acceptors (Lipinski definition) is 2. The number of ether oxygens (including phenoxy) is 1. The Kier molecular flexibility index (Phi) is 8.53. The van der Waals surface area contributed by atoms with Crippen molar-refractivity contribution in [3.63, 3.8) is 0 Å². The molecular weight excluding hydrogens is 253 g/mol. The van der Waals surface area contributed by atoms with E-state index in [1.165, 1.54) is 13.2 Å². The Morgan fingerprint density at radius 3 is 2.15 bits per heavy atom. The maximum absolute atomic E-state index is 13.6. The summed E-state index contributed by atoms with van der Waals surface area (Å²) in [4.78, 5) is 4.16. The molecule has 0 spiro atoms. The van der Waals surface area contributed by atoms with Gasteiger partial charge in [0.1, 0.15) is 0 Å². The van der Waals surface area contributed by atoms with Crippen LogP contribution in [0.3, 0.4) is 0 Å². The van der Waals surface area contributed by atoms with Gasteiger partial charge in [-0.15, -0.1) is 0 Å². The highest BCUT2D eigenvalue weighted by molar-refractivity contribution is 5.91. The quantitative estimate of drug-likeness (QED) is 0.718. The Balaban J connectivity index is 0.000000829. The first-order chi connectivity index (χ1) is 9.65. The maximum atomic E-state index is 13.6. The highest BCUT2D eigenvalue weighted by Gasteiger charge is 2.13. The van der Waals surface area contributed by atoms with Gasteiger partial charge >= 0.3 is 0 Å². The Hall–Kier alpha value is -1.64. The van der Waals surface area contributed by atoms with Crippen LogP contribution < -0.4 is 4.74 Å². The molecule has 0 saturated carbocycles. The van der Waals surface area contributed by atoms with Gasteiger partial charge in [0.05, 0.1) is 7.11 Å². The minimum Gasteiger partial charge on any atom is -0.493 e. The fourth-order valence-electron chi connectivity index (χ4n) is 1.88. The van der Waals surface area contributed by atoms with Crippen molar-refractivity contribution in [2.45, 2.75) is 47.5 Å². The minimum atomic E-state index is -0.330. The third-order valence-corrected chi connectivity index (χ3v) is 2.68. The van der Waals surface area contributed by atoms with Crippen molar-refractivity contribution in [2.24, 2.45) is 0 Å². The lowest BCUT2D eigenvalue weighted by atomic mass is 9.98. The van der Waals surface area contributed by atoms with E-state index in [9.17, 15) is 4.39 Å². The molecule has 2 aromatic rings. The number of hydrogen-bond donors (Lipinski definition) is 0. The van der Waals surface area contributed by atoms with Crippen LogP contribution in [-0.2, 0) is 0 Å². The Morgan fingerprint density at radius 1 is 1.05 bits per heavy atom. The van der Waals surface area contributed by atoms with Gasteiger partial charge in [0, 0.05) is 23.2 Å².